The molecule has 0 radical (unpaired) electrons. The van der Waals surface area contributed by atoms with Crippen LogP contribution in [0.5, 0.6) is 0 Å². The minimum atomic E-state index is -0.144. The van der Waals surface area contributed by atoms with Gasteiger partial charge in [-0.3, -0.25) is 14.6 Å². The largest absolute Gasteiger partial charge is 0.348 e. The highest BCUT2D eigenvalue weighted by molar-refractivity contribution is 5.96. The number of rotatable bonds is 5. The lowest BCUT2D eigenvalue weighted by Gasteiger charge is -2.32. The second-order valence-corrected chi connectivity index (χ2v) is 7.77. The molecule has 1 N–H and O–H groups in total. The van der Waals surface area contributed by atoms with Crippen molar-refractivity contribution in [3.63, 3.8) is 0 Å². The Balaban J connectivity index is 1.42. The standard InChI is InChI=1S/C25H26N4O2/c1-28-13-15-29(16-14-28)25(31)21-9-7-20(8-10-21)23-17-22(11-12-26-23)24(30)27-18-19-5-3-2-4-6-19/h2-12,17H,13-16,18H2,1H3,(H,27,30). The zero-order chi connectivity index (χ0) is 21.6. The second kappa shape index (κ2) is 9.53. The first kappa shape index (κ1) is 20.8. The van der Waals surface area contributed by atoms with Crippen LogP contribution in [0.4, 0.5) is 0 Å². The van der Waals surface area contributed by atoms with Gasteiger partial charge in [0.1, 0.15) is 0 Å². The van der Waals surface area contributed by atoms with E-state index in [4.69, 9.17) is 0 Å². The highest BCUT2D eigenvalue weighted by Crippen LogP contribution is 2.20. The lowest BCUT2D eigenvalue weighted by Crippen LogP contribution is -2.47. The average molecular weight is 415 g/mol. The first-order chi connectivity index (χ1) is 15.1. The Morgan fingerprint density at radius 2 is 1.61 bits per heavy atom. The number of hydrogen-bond donors (Lipinski definition) is 1. The van der Waals surface area contributed by atoms with Gasteiger partial charge >= 0.3 is 0 Å². The molecule has 0 bridgehead atoms. The molecule has 1 aliphatic rings. The molecule has 0 unspecified atom stereocenters. The van der Waals surface area contributed by atoms with Crippen LogP contribution in [0.1, 0.15) is 26.3 Å². The summed E-state index contributed by atoms with van der Waals surface area (Å²) in [6, 6.07) is 20.7. The van der Waals surface area contributed by atoms with E-state index in [0.29, 0.717) is 23.4 Å². The lowest BCUT2D eigenvalue weighted by molar-refractivity contribution is 0.0664. The molecule has 1 fully saturated rings. The fourth-order valence-electron chi connectivity index (χ4n) is 3.59. The van der Waals surface area contributed by atoms with Crippen LogP contribution in [0.2, 0.25) is 0 Å². The average Bonchev–Trinajstić information content (AvgIpc) is 2.83. The molecule has 0 atom stereocenters. The summed E-state index contributed by atoms with van der Waals surface area (Å²) in [4.78, 5) is 33.8. The zero-order valence-corrected chi connectivity index (χ0v) is 17.6. The van der Waals surface area contributed by atoms with Crippen molar-refractivity contribution in [2.45, 2.75) is 6.54 Å². The summed E-state index contributed by atoms with van der Waals surface area (Å²) in [5.74, 6) is -0.0870. The maximum atomic E-state index is 12.7. The van der Waals surface area contributed by atoms with Crippen molar-refractivity contribution in [3.05, 3.63) is 89.6 Å². The summed E-state index contributed by atoms with van der Waals surface area (Å²) < 4.78 is 0. The van der Waals surface area contributed by atoms with Crippen LogP contribution in [-0.2, 0) is 6.54 Å². The van der Waals surface area contributed by atoms with Gasteiger partial charge in [0.05, 0.1) is 5.69 Å². The summed E-state index contributed by atoms with van der Waals surface area (Å²) in [6.45, 7) is 3.76. The molecule has 2 heterocycles. The summed E-state index contributed by atoms with van der Waals surface area (Å²) in [5, 5.41) is 2.94. The Bertz CT molecular complexity index is 1040. The van der Waals surface area contributed by atoms with E-state index >= 15 is 0 Å². The Labute approximate surface area is 182 Å². The molecule has 2 aromatic carbocycles. The predicted molar refractivity (Wildman–Crippen MR) is 121 cm³/mol. The topological polar surface area (TPSA) is 65.5 Å². The van der Waals surface area contributed by atoms with Crippen LogP contribution in [-0.4, -0.2) is 59.8 Å². The molecule has 0 aliphatic carbocycles. The van der Waals surface area contributed by atoms with Crippen LogP contribution in [0.15, 0.2) is 72.9 Å². The highest BCUT2D eigenvalue weighted by atomic mass is 16.2. The van der Waals surface area contributed by atoms with Gasteiger partial charge in [-0.1, -0.05) is 42.5 Å². The van der Waals surface area contributed by atoms with Crippen LogP contribution in [0.3, 0.4) is 0 Å². The van der Waals surface area contributed by atoms with E-state index in [1.807, 2.05) is 59.5 Å². The number of amides is 2. The smallest absolute Gasteiger partial charge is 0.253 e. The van der Waals surface area contributed by atoms with Crippen molar-refractivity contribution in [2.75, 3.05) is 33.2 Å². The molecule has 31 heavy (non-hydrogen) atoms. The number of nitrogens with zero attached hydrogens (tertiary/aromatic N) is 3. The van der Waals surface area contributed by atoms with E-state index in [2.05, 4.69) is 22.2 Å². The van der Waals surface area contributed by atoms with Gasteiger partial charge in [-0.2, -0.15) is 0 Å². The van der Waals surface area contributed by atoms with Crippen molar-refractivity contribution < 1.29 is 9.59 Å². The van der Waals surface area contributed by atoms with Gasteiger partial charge < -0.3 is 15.1 Å². The molecule has 158 valence electrons. The van der Waals surface area contributed by atoms with Gasteiger partial charge in [-0.15, -0.1) is 0 Å². The summed E-state index contributed by atoms with van der Waals surface area (Å²) >= 11 is 0. The number of nitrogens with one attached hydrogen (secondary N) is 1. The van der Waals surface area contributed by atoms with Crippen molar-refractivity contribution in [2.24, 2.45) is 0 Å². The summed E-state index contributed by atoms with van der Waals surface area (Å²) in [6.07, 6.45) is 1.63. The van der Waals surface area contributed by atoms with Crippen LogP contribution in [0.25, 0.3) is 11.3 Å². The Hall–Kier alpha value is -3.51. The Morgan fingerprint density at radius 1 is 0.903 bits per heavy atom. The SMILES string of the molecule is CN1CCN(C(=O)c2ccc(-c3cc(C(=O)NCc4ccccc4)ccn3)cc2)CC1. The van der Waals surface area contributed by atoms with Gasteiger partial charge in [0.15, 0.2) is 0 Å². The number of piperazine rings is 1. The van der Waals surface area contributed by atoms with E-state index < -0.39 is 0 Å². The van der Waals surface area contributed by atoms with Gasteiger partial charge in [0.25, 0.3) is 11.8 Å². The molecule has 4 rings (SSSR count). The number of pyridine rings is 1. The predicted octanol–water partition coefficient (Wildman–Crippen LogP) is 3.07. The maximum absolute atomic E-state index is 12.7. The quantitative estimate of drug-likeness (QED) is 0.697. The van der Waals surface area contributed by atoms with Crippen molar-refractivity contribution in [3.8, 4) is 11.3 Å². The summed E-state index contributed by atoms with van der Waals surface area (Å²) in [5.41, 5.74) is 3.84. The van der Waals surface area contributed by atoms with E-state index in [1.165, 1.54) is 0 Å². The molecule has 1 aliphatic heterocycles. The van der Waals surface area contributed by atoms with Gasteiger partial charge in [-0.25, -0.2) is 0 Å². The number of carbonyl (C=O) groups excluding carboxylic acids is 2. The minimum absolute atomic E-state index is 0.0571. The highest BCUT2D eigenvalue weighted by Gasteiger charge is 2.20. The number of hydrogen-bond acceptors (Lipinski definition) is 4. The number of likely N-dealkylation sites (N-methyl/N-ethyl adjacent to an activating group) is 1. The van der Waals surface area contributed by atoms with Crippen LogP contribution >= 0.6 is 0 Å². The number of carbonyl (C=O) groups is 2. The molecule has 2 amide bonds. The van der Waals surface area contributed by atoms with Gasteiger partial charge in [0.2, 0.25) is 0 Å². The molecule has 6 heteroatoms. The van der Waals surface area contributed by atoms with Crippen LogP contribution in [0, 0.1) is 0 Å². The molecule has 1 aromatic heterocycles. The van der Waals surface area contributed by atoms with Crippen molar-refractivity contribution >= 4 is 11.8 Å². The zero-order valence-electron chi connectivity index (χ0n) is 17.6. The monoisotopic (exact) mass is 414 g/mol. The molecular weight excluding hydrogens is 388 g/mol. The lowest BCUT2D eigenvalue weighted by atomic mass is 10.1. The molecule has 0 spiro atoms. The van der Waals surface area contributed by atoms with Gasteiger partial charge in [-0.05, 0) is 36.9 Å². The molecular formula is C25H26N4O2. The maximum Gasteiger partial charge on any atom is 0.253 e. The summed E-state index contributed by atoms with van der Waals surface area (Å²) in [7, 11) is 2.07. The molecule has 0 saturated carbocycles. The fraction of sp³-hybridized carbons (Fsp3) is 0.240. The normalized spacial score (nSPS) is 14.3. The van der Waals surface area contributed by atoms with Crippen molar-refractivity contribution in [1.82, 2.24) is 20.1 Å². The first-order valence-corrected chi connectivity index (χ1v) is 10.5. The van der Waals surface area contributed by atoms with Crippen LogP contribution < -0.4 is 5.32 Å². The third-order valence-corrected chi connectivity index (χ3v) is 5.54. The Morgan fingerprint density at radius 3 is 2.32 bits per heavy atom. The van der Waals surface area contributed by atoms with E-state index in [-0.39, 0.29) is 11.8 Å². The molecule has 3 aromatic rings. The van der Waals surface area contributed by atoms with E-state index in [1.54, 1.807) is 18.3 Å². The first-order valence-electron chi connectivity index (χ1n) is 10.5. The number of aromatic nitrogens is 1. The Kier molecular flexibility index (Phi) is 6.38. The van der Waals surface area contributed by atoms with E-state index in [9.17, 15) is 9.59 Å². The fourth-order valence-corrected chi connectivity index (χ4v) is 3.59. The third-order valence-electron chi connectivity index (χ3n) is 5.54. The number of benzene rings is 2. The molecule has 6 nitrogen and oxygen atoms in total. The third kappa shape index (κ3) is 5.16. The molecule has 1 saturated heterocycles. The van der Waals surface area contributed by atoms with Crippen molar-refractivity contribution in [1.29, 1.82) is 0 Å². The second-order valence-electron chi connectivity index (χ2n) is 7.77. The minimum Gasteiger partial charge on any atom is -0.348 e. The van der Waals surface area contributed by atoms with Gasteiger partial charge in [0, 0.05) is 55.6 Å². The van der Waals surface area contributed by atoms with E-state index in [0.717, 1.165) is 37.3 Å².